The molecule has 2 nitrogen and oxygen atoms in total. The third-order valence-corrected chi connectivity index (χ3v) is 3.09. The van der Waals surface area contributed by atoms with Crippen LogP contribution in [0.3, 0.4) is 0 Å². The highest BCUT2D eigenvalue weighted by atomic mass is 79.9. The van der Waals surface area contributed by atoms with E-state index in [-0.39, 0.29) is 11.4 Å². The quantitative estimate of drug-likeness (QED) is 0.714. The monoisotopic (exact) mass is 340 g/mol. The maximum atomic E-state index is 12.0. The number of benzene rings is 1. The van der Waals surface area contributed by atoms with Crippen LogP contribution in [0.15, 0.2) is 18.2 Å². The molecule has 1 unspecified atom stereocenters. The second-order valence-electron chi connectivity index (χ2n) is 4.07. The molecule has 108 valence electrons. The second kappa shape index (κ2) is 7.14. The van der Waals surface area contributed by atoms with Crippen molar-refractivity contribution < 1.29 is 22.6 Å². The van der Waals surface area contributed by atoms with E-state index in [1.807, 2.05) is 32.0 Å². The van der Waals surface area contributed by atoms with Gasteiger partial charge in [0.25, 0.3) is 0 Å². The van der Waals surface area contributed by atoms with E-state index in [9.17, 15) is 13.2 Å². The van der Waals surface area contributed by atoms with Gasteiger partial charge in [-0.15, -0.1) is 0 Å². The van der Waals surface area contributed by atoms with Gasteiger partial charge >= 0.3 is 6.18 Å². The number of hydrogen-bond acceptors (Lipinski definition) is 2. The third-order valence-electron chi connectivity index (χ3n) is 2.33. The van der Waals surface area contributed by atoms with Crippen LogP contribution < -0.4 is 4.74 Å². The molecule has 0 saturated carbocycles. The molecule has 1 aromatic rings. The van der Waals surface area contributed by atoms with Gasteiger partial charge in [0.2, 0.25) is 0 Å². The molecule has 0 amide bonds. The fourth-order valence-electron chi connectivity index (χ4n) is 1.57. The summed E-state index contributed by atoms with van der Waals surface area (Å²) in [5, 5.41) is 0. The van der Waals surface area contributed by atoms with Crippen molar-refractivity contribution in [2.75, 3.05) is 19.8 Å². The van der Waals surface area contributed by atoms with Crippen molar-refractivity contribution in [2.45, 2.75) is 24.9 Å². The van der Waals surface area contributed by atoms with Crippen molar-refractivity contribution in [1.82, 2.24) is 0 Å². The lowest BCUT2D eigenvalue weighted by molar-refractivity contribution is -0.173. The summed E-state index contributed by atoms with van der Waals surface area (Å²) in [6, 6.07) is 5.58. The Kier molecular flexibility index (Phi) is 6.13. The molecule has 0 fully saturated rings. The van der Waals surface area contributed by atoms with E-state index >= 15 is 0 Å². The molecule has 0 aromatic heterocycles. The Morgan fingerprint density at radius 2 is 2.00 bits per heavy atom. The van der Waals surface area contributed by atoms with E-state index in [1.165, 1.54) is 0 Å². The highest BCUT2D eigenvalue weighted by molar-refractivity contribution is 9.09. The van der Waals surface area contributed by atoms with E-state index in [2.05, 4.69) is 20.7 Å². The molecule has 0 N–H and O–H groups in total. The lowest BCUT2D eigenvalue weighted by Gasteiger charge is -2.17. The predicted octanol–water partition coefficient (Wildman–Crippen LogP) is 4.41. The third kappa shape index (κ3) is 5.82. The standard InChI is InChI=1S/C13H16BrF3O2/c1-3-19-12-5-4-9(2)6-10(12)11(14)7-18-8-13(15,16)17/h4-6,11H,3,7-8H2,1-2H3. The van der Waals surface area contributed by atoms with Crippen molar-refractivity contribution >= 4 is 15.9 Å². The van der Waals surface area contributed by atoms with Gasteiger partial charge in [0, 0.05) is 5.56 Å². The minimum atomic E-state index is -4.30. The maximum Gasteiger partial charge on any atom is 0.411 e. The number of rotatable bonds is 6. The molecule has 0 saturated heterocycles. The van der Waals surface area contributed by atoms with Gasteiger partial charge in [-0.25, -0.2) is 0 Å². The number of aryl methyl sites for hydroxylation is 1. The van der Waals surface area contributed by atoms with Gasteiger partial charge in [0.1, 0.15) is 12.4 Å². The summed E-state index contributed by atoms with van der Waals surface area (Å²) in [6.45, 7) is 2.95. The topological polar surface area (TPSA) is 18.5 Å². The van der Waals surface area contributed by atoms with Gasteiger partial charge in [-0.05, 0) is 19.9 Å². The average Bonchev–Trinajstić information content (AvgIpc) is 2.30. The molecule has 0 spiro atoms. The van der Waals surface area contributed by atoms with Crippen LogP contribution in [0.2, 0.25) is 0 Å². The summed E-state index contributed by atoms with van der Waals surface area (Å²) >= 11 is 3.34. The molecule has 0 bridgehead atoms. The minimum Gasteiger partial charge on any atom is -0.494 e. The van der Waals surface area contributed by atoms with Crippen LogP contribution >= 0.6 is 15.9 Å². The van der Waals surface area contributed by atoms with E-state index in [0.717, 1.165) is 11.1 Å². The van der Waals surface area contributed by atoms with E-state index in [1.54, 1.807) is 0 Å². The molecular formula is C13H16BrF3O2. The van der Waals surface area contributed by atoms with Gasteiger partial charge in [0.15, 0.2) is 0 Å². The molecule has 0 aliphatic rings. The molecule has 19 heavy (non-hydrogen) atoms. The summed E-state index contributed by atoms with van der Waals surface area (Å²) in [7, 11) is 0. The van der Waals surface area contributed by atoms with Gasteiger partial charge in [-0.2, -0.15) is 13.2 Å². The van der Waals surface area contributed by atoms with Crippen molar-refractivity contribution in [3.8, 4) is 5.75 Å². The first-order valence-corrected chi connectivity index (χ1v) is 6.77. The van der Waals surface area contributed by atoms with Crippen molar-refractivity contribution in [2.24, 2.45) is 0 Å². The van der Waals surface area contributed by atoms with E-state index in [0.29, 0.717) is 12.4 Å². The van der Waals surface area contributed by atoms with Crippen LogP contribution in [0, 0.1) is 6.92 Å². The number of ether oxygens (including phenoxy) is 2. The molecule has 1 atom stereocenters. The van der Waals surface area contributed by atoms with Crippen molar-refractivity contribution in [3.05, 3.63) is 29.3 Å². The lowest BCUT2D eigenvalue weighted by Crippen LogP contribution is -2.18. The summed E-state index contributed by atoms with van der Waals surface area (Å²) in [5.74, 6) is 0.658. The van der Waals surface area contributed by atoms with Crippen LogP contribution in [-0.2, 0) is 4.74 Å². The van der Waals surface area contributed by atoms with Gasteiger partial charge in [-0.1, -0.05) is 33.6 Å². The Morgan fingerprint density at radius 1 is 1.32 bits per heavy atom. The molecule has 0 aliphatic heterocycles. The summed E-state index contributed by atoms with van der Waals surface area (Å²) < 4.78 is 46.1. The van der Waals surface area contributed by atoms with Crippen molar-refractivity contribution in [3.63, 3.8) is 0 Å². The van der Waals surface area contributed by atoms with Gasteiger partial charge in [0.05, 0.1) is 18.0 Å². The first-order valence-electron chi connectivity index (χ1n) is 5.85. The second-order valence-corrected chi connectivity index (χ2v) is 5.18. The lowest BCUT2D eigenvalue weighted by atomic mass is 10.1. The molecule has 1 aromatic carbocycles. The Bertz CT molecular complexity index is 407. The summed E-state index contributed by atoms with van der Waals surface area (Å²) in [5.41, 5.74) is 1.81. The number of hydrogen-bond donors (Lipinski definition) is 0. The maximum absolute atomic E-state index is 12.0. The van der Waals surface area contributed by atoms with Gasteiger partial charge < -0.3 is 9.47 Å². The van der Waals surface area contributed by atoms with Crippen molar-refractivity contribution in [1.29, 1.82) is 0 Å². The molecule has 0 radical (unpaired) electrons. The first kappa shape index (κ1) is 16.3. The summed E-state index contributed by atoms with van der Waals surface area (Å²) in [4.78, 5) is -0.337. The number of halogens is 4. The molecule has 1 rings (SSSR count). The Balaban J connectivity index is 2.69. The zero-order valence-corrected chi connectivity index (χ0v) is 12.3. The number of alkyl halides is 4. The van der Waals surface area contributed by atoms with Gasteiger partial charge in [-0.3, -0.25) is 0 Å². The van der Waals surface area contributed by atoms with Crippen LogP contribution in [0.1, 0.15) is 22.9 Å². The van der Waals surface area contributed by atoms with E-state index in [4.69, 9.17) is 4.74 Å². The Morgan fingerprint density at radius 3 is 2.58 bits per heavy atom. The van der Waals surface area contributed by atoms with Crippen LogP contribution in [0.25, 0.3) is 0 Å². The normalized spacial score (nSPS) is 13.4. The van der Waals surface area contributed by atoms with Crippen LogP contribution in [0.5, 0.6) is 5.75 Å². The minimum absolute atomic E-state index is 0.0664. The summed E-state index contributed by atoms with van der Waals surface area (Å²) in [6.07, 6.45) is -4.30. The highest BCUT2D eigenvalue weighted by Crippen LogP contribution is 2.32. The highest BCUT2D eigenvalue weighted by Gasteiger charge is 2.28. The fourth-order valence-corrected chi connectivity index (χ4v) is 2.11. The zero-order chi connectivity index (χ0) is 14.5. The van der Waals surface area contributed by atoms with E-state index < -0.39 is 12.8 Å². The average molecular weight is 341 g/mol. The fraction of sp³-hybridized carbons (Fsp3) is 0.538. The Labute approximate surface area is 119 Å². The Hall–Kier alpha value is -0.750. The smallest absolute Gasteiger partial charge is 0.411 e. The SMILES string of the molecule is CCOc1ccc(C)cc1C(Br)COCC(F)(F)F. The van der Waals surface area contributed by atoms with Crippen LogP contribution in [0.4, 0.5) is 13.2 Å². The predicted molar refractivity (Wildman–Crippen MR) is 70.9 cm³/mol. The molecular weight excluding hydrogens is 325 g/mol. The zero-order valence-electron chi connectivity index (χ0n) is 10.8. The van der Waals surface area contributed by atoms with Crippen LogP contribution in [-0.4, -0.2) is 26.0 Å². The first-order chi connectivity index (χ1) is 8.83. The largest absolute Gasteiger partial charge is 0.494 e. The molecule has 0 aliphatic carbocycles. The molecule has 6 heteroatoms. The molecule has 0 heterocycles.